The molecule has 1 aliphatic heterocycles. The van der Waals surface area contributed by atoms with Gasteiger partial charge in [-0.3, -0.25) is 15.0 Å². The normalized spacial score (nSPS) is 20.0. The highest BCUT2D eigenvalue weighted by molar-refractivity contribution is 6.33. The van der Waals surface area contributed by atoms with E-state index < -0.39 is 23.2 Å². The molecule has 2 aromatic carbocycles. The van der Waals surface area contributed by atoms with Gasteiger partial charge >= 0.3 is 0 Å². The van der Waals surface area contributed by atoms with Gasteiger partial charge < -0.3 is 10.2 Å². The molecule has 0 saturated carbocycles. The lowest BCUT2D eigenvalue weighted by molar-refractivity contribution is -0.149. The summed E-state index contributed by atoms with van der Waals surface area (Å²) in [6, 6.07) is 11.8. The Bertz CT molecular complexity index is 780. The Morgan fingerprint density at radius 3 is 2.30 bits per heavy atom. The summed E-state index contributed by atoms with van der Waals surface area (Å²) in [6.45, 7) is 0. The quantitative estimate of drug-likeness (QED) is 0.592. The van der Waals surface area contributed by atoms with Gasteiger partial charge in [0.05, 0.1) is 5.56 Å². The number of hydrazine groups is 1. The molecule has 0 aliphatic carbocycles. The van der Waals surface area contributed by atoms with E-state index in [-0.39, 0.29) is 17.1 Å². The van der Waals surface area contributed by atoms with Crippen LogP contribution in [0.15, 0.2) is 48.5 Å². The first kappa shape index (κ1) is 15.2. The van der Waals surface area contributed by atoms with E-state index >= 15 is 0 Å². The number of nitrogens with zero attached hydrogens (tertiary/aromatic N) is 1. The Labute approximate surface area is 136 Å². The Hall–Kier alpha value is -2.73. The Morgan fingerprint density at radius 2 is 1.65 bits per heavy atom. The molecule has 118 valence electrons. The van der Waals surface area contributed by atoms with Crippen LogP contribution in [-0.2, 0) is 4.79 Å². The Morgan fingerprint density at radius 1 is 1.04 bits per heavy atom. The molecule has 0 spiro atoms. The van der Waals surface area contributed by atoms with Crippen molar-refractivity contribution < 1.29 is 19.8 Å². The van der Waals surface area contributed by atoms with Crippen LogP contribution in [0.1, 0.15) is 22.0 Å². The van der Waals surface area contributed by atoms with E-state index in [2.05, 4.69) is 5.43 Å². The smallest absolute Gasteiger partial charge is 0.273 e. The summed E-state index contributed by atoms with van der Waals surface area (Å²) >= 11 is 6.02. The highest BCUT2D eigenvalue weighted by atomic mass is 35.5. The van der Waals surface area contributed by atoms with Crippen molar-refractivity contribution in [1.29, 1.82) is 0 Å². The lowest BCUT2D eigenvalue weighted by atomic mass is 9.94. The van der Waals surface area contributed by atoms with Gasteiger partial charge in [-0.1, -0.05) is 30.3 Å². The summed E-state index contributed by atoms with van der Waals surface area (Å²) in [5, 5.41) is 19.8. The van der Waals surface area contributed by atoms with E-state index in [9.17, 15) is 19.8 Å². The fourth-order valence-electron chi connectivity index (χ4n) is 2.45. The van der Waals surface area contributed by atoms with E-state index in [1.165, 1.54) is 18.2 Å². The number of phenolic OH excluding ortho intramolecular Hbond substituents is 2. The van der Waals surface area contributed by atoms with Gasteiger partial charge in [-0.25, -0.2) is 5.01 Å². The van der Waals surface area contributed by atoms with Crippen LogP contribution in [0.4, 0.5) is 0 Å². The van der Waals surface area contributed by atoms with Crippen molar-refractivity contribution in [2.45, 2.75) is 11.4 Å². The number of para-hydroxylation sites is 2. The maximum absolute atomic E-state index is 12.2. The molecule has 1 heterocycles. The summed E-state index contributed by atoms with van der Waals surface area (Å²) in [6.07, 6.45) is 0. The number of nitrogens with one attached hydrogen (secondary N) is 1. The first-order chi connectivity index (χ1) is 11.0. The maximum Gasteiger partial charge on any atom is 0.273 e. The van der Waals surface area contributed by atoms with Gasteiger partial charge in [-0.2, -0.15) is 0 Å². The van der Waals surface area contributed by atoms with Gasteiger partial charge in [0.15, 0.2) is 0 Å². The molecule has 0 radical (unpaired) electrons. The Balaban J connectivity index is 1.84. The van der Waals surface area contributed by atoms with Gasteiger partial charge in [0.2, 0.25) is 0 Å². The van der Waals surface area contributed by atoms with Crippen LogP contribution in [0, 0.1) is 0 Å². The van der Waals surface area contributed by atoms with E-state index in [0.29, 0.717) is 5.56 Å². The molecule has 7 heteroatoms. The Kier molecular flexibility index (Phi) is 3.83. The average Bonchev–Trinajstić information content (AvgIpc) is 2.56. The van der Waals surface area contributed by atoms with Crippen molar-refractivity contribution in [2.24, 2.45) is 0 Å². The number of carbonyl (C=O) groups is 2. The number of benzene rings is 2. The largest absolute Gasteiger partial charge is 0.508 e. The van der Waals surface area contributed by atoms with Gasteiger partial charge in [-0.05, 0) is 18.2 Å². The first-order valence-corrected chi connectivity index (χ1v) is 7.28. The van der Waals surface area contributed by atoms with Gasteiger partial charge in [0.1, 0.15) is 22.9 Å². The molecule has 3 rings (SSSR count). The van der Waals surface area contributed by atoms with E-state index in [1.807, 2.05) is 0 Å². The summed E-state index contributed by atoms with van der Waals surface area (Å²) in [7, 11) is 0. The number of phenols is 2. The molecule has 0 unspecified atom stereocenters. The van der Waals surface area contributed by atoms with Crippen molar-refractivity contribution in [2.75, 3.05) is 0 Å². The number of amides is 2. The molecule has 2 atom stereocenters. The predicted octanol–water partition coefficient (Wildman–Crippen LogP) is 1.93. The van der Waals surface area contributed by atoms with Crippen LogP contribution in [0.25, 0.3) is 0 Å². The standard InChI is InChI=1S/C16H13ClN2O4/c17-13-14(9-5-1-3-7-11(9)20)19(16(13)23)18-15(22)10-6-2-4-8-12(10)21/h1-8,13-14,20-21H,(H,18,22)/t13-,14-/m1/s1. The van der Waals surface area contributed by atoms with Crippen molar-refractivity contribution in [3.63, 3.8) is 0 Å². The number of β-lactam (4-membered cyclic amide) rings is 1. The minimum Gasteiger partial charge on any atom is -0.508 e. The van der Waals surface area contributed by atoms with E-state index in [4.69, 9.17) is 11.6 Å². The van der Waals surface area contributed by atoms with Crippen molar-refractivity contribution in [1.82, 2.24) is 10.4 Å². The number of carbonyl (C=O) groups excluding carboxylic acids is 2. The zero-order chi connectivity index (χ0) is 16.6. The van der Waals surface area contributed by atoms with Gasteiger partial charge in [0.25, 0.3) is 11.8 Å². The van der Waals surface area contributed by atoms with Crippen LogP contribution in [0.3, 0.4) is 0 Å². The second-order valence-corrected chi connectivity index (χ2v) is 5.54. The van der Waals surface area contributed by atoms with E-state index in [1.54, 1.807) is 30.3 Å². The van der Waals surface area contributed by atoms with Gasteiger partial charge in [-0.15, -0.1) is 11.6 Å². The third-order valence-electron chi connectivity index (χ3n) is 3.65. The lowest BCUT2D eigenvalue weighted by Gasteiger charge is -2.44. The molecular formula is C16H13ClN2O4. The number of alkyl halides is 1. The molecule has 3 N–H and O–H groups in total. The van der Waals surface area contributed by atoms with Crippen LogP contribution in [0.2, 0.25) is 0 Å². The third-order valence-corrected chi connectivity index (χ3v) is 4.08. The summed E-state index contributed by atoms with van der Waals surface area (Å²) < 4.78 is 0. The SMILES string of the molecule is O=C(NN1C(=O)[C@H](Cl)[C@H]1c1ccccc1O)c1ccccc1O. The number of rotatable bonds is 3. The topological polar surface area (TPSA) is 89.9 Å². The summed E-state index contributed by atoms with van der Waals surface area (Å²) in [5.74, 6) is -1.33. The lowest BCUT2D eigenvalue weighted by Crippen LogP contribution is -2.63. The number of hydrogen-bond donors (Lipinski definition) is 3. The van der Waals surface area contributed by atoms with Crippen molar-refractivity contribution in [3.8, 4) is 11.5 Å². The van der Waals surface area contributed by atoms with E-state index in [0.717, 1.165) is 5.01 Å². The number of aromatic hydroxyl groups is 2. The van der Waals surface area contributed by atoms with Crippen molar-refractivity contribution in [3.05, 3.63) is 59.7 Å². The fourth-order valence-corrected chi connectivity index (χ4v) is 2.80. The van der Waals surface area contributed by atoms with Gasteiger partial charge in [0, 0.05) is 5.56 Å². The molecule has 0 bridgehead atoms. The molecule has 1 saturated heterocycles. The molecule has 0 aromatic heterocycles. The molecule has 23 heavy (non-hydrogen) atoms. The maximum atomic E-state index is 12.2. The fraction of sp³-hybridized carbons (Fsp3) is 0.125. The minimum atomic E-state index is -0.882. The second kappa shape index (κ2) is 5.81. The third kappa shape index (κ3) is 2.57. The molecule has 2 aromatic rings. The highest BCUT2D eigenvalue weighted by Crippen LogP contribution is 2.40. The zero-order valence-electron chi connectivity index (χ0n) is 11.8. The summed E-state index contributed by atoms with van der Waals surface area (Å²) in [5.41, 5.74) is 2.89. The molecule has 6 nitrogen and oxygen atoms in total. The second-order valence-electron chi connectivity index (χ2n) is 5.07. The zero-order valence-corrected chi connectivity index (χ0v) is 12.6. The summed E-state index contributed by atoms with van der Waals surface area (Å²) in [4.78, 5) is 24.2. The van der Waals surface area contributed by atoms with Crippen LogP contribution >= 0.6 is 11.6 Å². The number of hydrogen-bond acceptors (Lipinski definition) is 4. The molecule has 2 amide bonds. The first-order valence-electron chi connectivity index (χ1n) is 6.84. The predicted molar refractivity (Wildman–Crippen MR) is 82.9 cm³/mol. The average molecular weight is 333 g/mol. The number of halogens is 1. The van der Waals surface area contributed by atoms with Crippen LogP contribution in [-0.4, -0.2) is 32.4 Å². The highest BCUT2D eigenvalue weighted by Gasteiger charge is 2.49. The molecular weight excluding hydrogens is 320 g/mol. The minimum absolute atomic E-state index is 0.0162. The molecule has 1 fully saturated rings. The van der Waals surface area contributed by atoms with Crippen molar-refractivity contribution >= 4 is 23.4 Å². The van der Waals surface area contributed by atoms with Crippen LogP contribution < -0.4 is 5.43 Å². The monoisotopic (exact) mass is 332 g/mol. The molecule has 1 aliphatic rings. The van der Waals surface area contributed by atoms with Crippen LogP contribution in [0.5, 0.6) is 11.5 Å².